The lowest BCUT2D eigenvalue weighted by molar-refractivity contribution is 0.343. The minimum absolute atomic E-state index is 0.936. The van der Waals surface area contributed by atoms with Crippen molar-refractivity contribution in [2.75, 3.05) is 0 Å². The van der Waals surface area contributed by atoms with Gasteiger partial charge < -0.3 is 0 Å². The van der Waals surface area contributed by atoms with Crippen LogP contribution in [0.25, 0.3) is 0 Å². The summed E-state index contributed by atoms with van der Waals surface area (Å²) in [6.07, 6.45) is 12.9. The van der Waals surface area contributed by atoms with Crippen LogP contribution in [0.4, 0.5) is 0 Å². The lowest BCUT2D eigenvalue weighted by Crippen LogP contribution is -2.05. The zero-order chi connectivity index (χ0) is 11.5. The van der Waals surface area contributed by atoms with Crippen LogP contribution in [0.15, 0.2) is 0 Å². The van der Waals surface area contributed by atoms with Gasteiger partial charge in [-0.15, -0.1) is 0 Å². The van der Waals surface area contributed by atoms with Crippen LogP contribution in [0.1, 0.15) is 85.5 Å². The molecule has 0 spiro atoms. The first-order valence-corrected chi connectivity index (χ1v) is 7.24. The lowest BCUT2D eigenvalue weighted by Gasteiger charge is -2.18. The van der Waals surface area contributed by atoms with Gasteiger partial charge in [0, 0.05) is 0 Å². The quantitative estimate of drug-likeness (QED) is 0.401. The van der Waals surface area contributed by atoms with E-state index in [0.29, 0.717) is 0 Å². The maximum atomic E-state index is 2.40. The second kappa shape index (κ2) is 10.5. The van der Waals surface area contributed by atoms with Crippen molar-refractivity contribution in [3.8, 4) is 0 Å². The third kappa shape index (κ3) is 8.96. The molecule has 0 bridgehead atoms. The molecule has 0 aliphatic rings. The molecule has 0 aromatic rings. The van der Waals surface area contributed by atoms with E-state index in [9.17, 15) is 0 Å². The molecule has 0 nitrogen and oxygen atoms in total. The van der Waals surface area contributed by atoms with Crippen molar-refractivity contribution >= 4 is 0 Å². The van der Waals surface area contributed by atoms with E-state index in [2.05, 4.69) is 27.7 Å². The van der Waals surface area contributed by atoms with Crippen LogP contribution >= 0.6 is 0 Å². The fourth-order valence-electron chi connectivity index (χ4n) is 2.26. The van der Waals surface area contributed by atoms with Gasteiger partial charge in [0.2, 0.25) is 0 Å². The van der Waals surface area contributed by atoms with Gasteiger partial charge in [-0.05, 0) is 18.3 Å². The summed E-state index contributed by atoms with van der Waals surface area (Å²) in [5, 5.41) is 0. The molecule has 92 valence electrons. The number of unbranched alkanes of at least 4 members (excludes halogenated alkanes) is 4. The monoisotopic (exact) mass is 212 g/mol. The molecule has 0 heterocycles. The number of hydrogen-bond acceptors (Lipinski definition) is 0. The van der Waals surface area contributed by atoms with Gasteiger partial charge in [-0.2, -0.15) is 0 Å². The highest BCUT2D eigenvalue weighted by atomic mass is 14.2. The van der Waals surface area contributed by atoms with E-state index >= 15 is 0 Å². The second-order valence-electron chi connectivity index (χ2n) is 5.23. The van der Waals surface area contributed by atoms with Crippen LogP contribution < -0.4 is 0 Å². The molecule has 0 heteroatoms. The van der Waals surface area contributed by atoms with Gasteiger partial charge in [0.05, 0.1) is 0 Å². The predicted molar refractivity (Wildman–Crippen MR) is 71.2 cm³/mol. The molecule has 0 saturated heterocycles. The second-order valence-corrected chi connectivity index (χ2v) is 5.23. The maximum absolute atomic E-state index is 2.40. The Hall–Kier alpha value is 0. The van der Waals surface area contributed by atoms with E-state index in [1.807, 2.05) is 0 Å². The Balaban J connectivity index is 3.44. The van der Waals surface area contributed by atoms with E-state index in [1.165, 1.54) is 57.8 Å². The smallest absolute Gasteiger partial charge is 0.0414 e. The maximum Gasteiger partial charge on any atom is -0.0414 e. The zero-order valence-corrected chi connectivity index (χ0v) is 11.5. The van der Waals surface area contributed by atoms with Crippen molar-refractivity contribution in [2.24, 2.45) is 11.8 Å². The minimum Gasteiger partial charge on any atom is -0.0654 e. The Morgan fingerprint density at radius 2 is 1.47 bits per heavy atom. The minimum atomic E-state index is 0.936. The molecule has 0 radical (unpaired) electrons. The molecule has 0 aliphatic heterocycles. The van der Waals surface area contributed by atoms with E-state index < -0.39 is 0 Å². The van der Waals surface area contributed by atoms with Crippen LogP contribution in [0.5, 0.6) is 0 Å². The van der Waals surface area contributed by atoms with Crippen LogP contribution in [-0.4, -0.2) is 0 Å². The summed E-state index contributed by atoms with van der Waals surface area (Å²) in [7, 11) is 0. The standard InChI is InChI=1S/C15H32/c1-5-8-9-10-11-12-15(7-3)13-14(4)6-2/h14-15H,5-13H2,1-4H3. The van der Waals surface area contributed by atoms with Gasteiger partial charge in [0.1, 0.15) is 0 Å². The molecule has 0 saturated carbocycles. The van der Waals surface area contributed by atoms with Crippen LogP contribution in [0.2, 0.25) is 0 Å². The summed E-state index contributed by atoms with van der Waals surface area (Å²) < 4.78 is 0. The topological polar surface area (TPSA) is 0 Å². The fourth-order valence-corrected chi connectivity index (χ4v) is 2.26. The summed E-state index contributed by atoms with van der Waals surface area (Å²) in [5.41, 5.74) is 0. The average Bonchev–Trinajstić information content (AvgIpc) is 2.26. The van der Waals surface area contributed by atoms with E-state index in [0.717, 1.165) is 11.8 Å². The molecule has 0 aliphatic carbocycles. The fraction of sp³-hybridized carbons (Fsp3) is 1.00. The molecule has 0 N–H and O–H groups in total. The summed E-state index contributed by atoms with van der Waals surface area (Å²) in [6, 6.07) is 0. The highest BCUT2D eigenvalue weighted by Crippen LogP contribution is 2.23. The first-order valence-electron chi connectivity index (χ1n) is 7.24. The van der Waals surface area contributed by atoms with Gasteiger partial charge >= 0.3 is 0 Å². The van der Waals surface area contributed by atoms with Crippen molar-refractivity contribution < 1.29 is 0 Å². The lowest BCUT2D eigenvalue weighted by atomic mass is 9.88. The van der Waals surface area contributed by atoms with Crippen LogP contribution in [0, 0.1) is 11.8 Å². The summed E-state index contributed by atoms with van der Waals surface area (Å²) in [5.74, 6) is 1.94. The molecule has 0 aromatic carbocycles. The summed E-state index contributed by atoms with van der Waals surface area (Å²) in [6.45, 7) is 9.37. The Labute approximate surface area is 97.8 Å². The van der Waals surface area contributed by atoms with E-state index in [1.54, 1.807) is 0 Å². The number of rotatable bonds is 10. The highest BCUT2D eigenvalue weighted by molar-refractivity contribution is 4.62. The molecular weight excluding hydrogens is 180 g/mol. The van der Waals surface area contributed by atoms with Gasteiger partial charge in [0.25, 0.3) is 0 Å². The molecule has 2 unspecified atom stereocenters. The molecular formula is C15H32. The third-order valence-electron chi connectivity index (χ3n) is 3.73. The highest BCUT2D eigenvalue weighted by Gasteiger charge is 2.09. The summed E-state index contributed by atoms with van der Waals surface area (Å²) >= 11 is 0. The Morgan fingerprint density at radius 3 is 2.00 bits per heavy atom. The molecule has 15 heavy (non-hydrogen) atoms. The SMILES string of the molecule is CCCCCCCC(CC)CC(C)CC. The Morgan fingerprint density at radius 1 is 0.800 bits per heavy atom. The molecule has 0 aromatic heterocycles. The first kappa shape index (κ1) is 15.0. The van der Waals surface area contributed by atoms with E-state index in [4.69, 9.17) is 0 Å². The third-order valence-corrected chi connectivity index (χ3v) is 3.73. The van der Waals surface area contributed by atoms with Gasteiger partial charge in [-0.25, -0.2) is 0 Å². The molecule has 0 amide bonds. The van der Waals surface area contributed by atoms with Crippen molar-refractivity contribution in [1.82, 2.24) is 0 Å². The zero-order valence-electron chi connectivity index (χ0n) is 11.5. The van der Waals surface area contributed by atoms with Crippen molar-refractivity contribution in [1.29, 1.82) is 0 Å². The summed E-state index contributed by atoms with van der Waals surface area (Å²) in [4.78, 5) is 0. The van der Waals surface area contributed by atoms with Crippen LogP contribution in [0.3, 0.4) is 0 Å². The average molecular weight is 212 g/mol. The first-order chi connectivity index (χ1) is 7.24. The predicted octanol–water partition coefficient (Wildman–Crippen LogP) is 5.81. The molecule has 0 fully saturated rings. The van der Waals surface area contributed by atoms with E-state index in [-0.39, 0.29) is 0 Å². The van der Waals surface area contributed by atoms with Crippen molar-refractivity contribution in [3.05, 3.63) is 0 Å². The van der Waals surface area contributed by atoms with Gasteiger partial charge in [-0.1, -0.05) is 79.1 Å². The molecule has 2 atom stereocenters. The van der Waals surface area contributed by atoms with Crippen molar-refractivity contribution in [2.45, 2.75) is 85.5 Å². The molecule has 0 rings (SSSR count). The number of hydrogen-bond donors (Lipinski definition) is 0. The Kier molecular flexibility index (Phi) is 10.5. The van der Waals surface area contributed by atoms with Gasteiger partial charge in [0.15, 0.2) is 0 Å². The van der Waals surface area contributed by atoms with Crippen molar-refractivity contribution in [3.63, 3.8) is 0 Å². The van der Waals surface area contributed by atoms with Gasteiger partial charge in [-0.3, -0.25) is 0 Å². The largest absolute Gasteiger partial charge is 0.0654 e. The normalized spacial score (nSPS) is 15.2. The Bertz CT molecular complexity index is 117. The van der Waals surface area contributed by atoms with Crippen LogP contribution in [-0.2, 0) is 0 Å².